The molecular weight excluding hydrogens is 388 g/mol. The molecule has 0 spiro atoms. The zero-order valence-electron chi connectivity index (χ0n) is 18.1. The molecule has 0 aliphatic heterocycles. The molecule has 0 saturated heterocycles. The third kappa shape index (κ3) is 3.97. The van der Waals surface area contributed by atoms with E-state index in [1.807, 2.05) is 42.5 Å². The summed E-state index contributed by atoms with van der Waals surface area (Å²) in [7, 11) is 0. The second-order valence-corrected chi connectivity index (χ2v) is 8.90. The molecule has 0 aliphatic carbocycles. The Balaban J connectivity index is 2.01. The number of phenols is 2. The van der Waals surface area contributed by atoms with Gasteiger partial charge in [0.1, 0.15) is 11.5 Å². The molecule has 4 aromatic carbocycles. The van der Waals surface area contributed by atoms with Gasteiger partial charge in [-0.1, -0.05) is 69.3 Å². The van der Waals surface area contributed by atoms with Crippen LogP contribution in [0.25, 0.3) is 32.7 Å². The van der Waals surface area contributed by atoms with E-state index in [2.05, 4.69) is 32.9 Å². The SMILES string of the molecule is CC(C)(C)c1ccc2c(-c3c(O)c(COCCO)cc4ccccc34)c(O)ccc2c1. The number of aromatic hydroxyl groups is 2. The minimum Gasteiger partial charge on any atom is -0.507 e. The van der Waals surface area contributed by atoms with Gasteiger partial charge in [-0.3, -0.25) is 0 Å². The van der Waals surface area contributed by atoms with Crippen LogP contribution in [0.4, 0.5) is 0 Å². The Hall–Kier alpha value is -3.08. The van der Waals surface area contributed by atoms with Crippen LogP contribution in [0.1, 0.15) is 31.9 Å². The van der Waals surface area contributed by atoms with E-state index in [-0.39, 0.29) is 36.7 Å². The van der Waals surface area contributed by atoms with Crippen LogP contribution in [-0.2, 0) is 16.8 Å². The molecule has 4 heteroatoms. The van der Waals surface area contributed by atoms with Crippen LogP contribution >= 0.6 is 0 Å². The Kier molecular flexibility index (Phi) is 5.61. The van der Waals surface area contributed by atoms with Gasteiger partial charge in [0.25, 0.3) is 0 Å². The fraction of sp³-hybridized carbons (Fsp3) is 0.259. The molecule has 4 rings (SSSR count). The van der Waals surface area contributed by atoms with E-state index >= 15 is 0 Å². The lowest BCUT2D eigenvalue weighted by molar-refractivity contribution is 0.0805. The Morgan fingerprint density at radius 3 is 2.26 bits per heavy atom. The van der Waals surface area contributed by atoms with Crippen molar-refractivity contribution in [1.82, 2.24) is 0 Å². The molecule has 0 atom stereocenters. The highest BCUT2D eigenvalue weighted by Crippen LogP contribution is 2.46. The maximum absolute atomic E-state index is 11.3. The van der Waals surface area contributed by atoms with Gasteiger partial charge in [0.15, 0.2) is 0 Å². The summed E-state index contributed by atoms with van der Waals surface area (Å²) in [5.74, 6) is 0.198. The second kappa shape index (κ2) is 8.22. The van der Waals surface area contributed by atoms with Crippen molar-refractivity contribution in [2.75, 3.05) is 13.2 Å². The number of rotatable bonds is 5. The highest BCUT2D eigenvalue weighted by molar-refractivity contribution is 6.10. The summed E-state index contributed by atoms with van der Waals surface area (Å²) >= 11 is 0. The molecule has 0 aromatic heterocycles. The summed E-state index contributed by atoms with van der Waals surface area (Å²) in [6.45, 7) is 6.79. The van der Waals surface area contributed by atoms with Gasteiger partial charge in [-0.2, -0.15) is 0 Å². The Bertz CT molecular complexity index is 1250. The number of hydrogen-bond acceptors (Lipinski definition) is 4. The molecule has 3 N–H and O–H groups in total. The predicted molar refractivity (Wildman–Crippen MR) is 126 cm³/mol. The van der Waals surface area contributed by atoms with Crippen molar-refractivity contribution in [2.45, 2.75) is 32.8 Å². The van der Waals surface area contributed by atoms with Gasteiger partial charge in [0.05, 0.1) is 19.8 Å². The third-order valence-corrected chi connectivity index (χ3v) is 5.71. The highest BCUT2D eigenvalue weighted by atomic mass is 16.5. The van der Waals surface area contributed by atoms with Crippen molar-refractivity contribution in [1.29, 1.82) is 0 Å². The first-order chi connectivity index (χ1) is 14.8. The number of fused-ring (bicyclic) bond motifs is 2. The van der Waals surface area contributed by atoms with Crippen molar-refractivity contribution in [3.63, 3.8) is 0 Å². The molecule has 0 amide bonds. The van der Waals surface area contributed by atoms with Gasteiger partial charge in [-0.25, -0.2) is 0 Å². The average molecular weight is 417 g/mol. The van der Waals surface area contributed by atoms with Crippen LogP contribution < -0.4 is 0 Å². The van der Waals surface area contributed by atoms with Crippen molar-refractivity contribution in [3.05, 3.63) is 71.8 Å². The van der Waals surface area contributed by atoms with E-state index in [0.717, 1.165) is 21.5 Å². The van der Waals surface area contributed by atoms with E-state index in [9.17, 15) is 10.2 Å². The van der Waals surface area contributed by atoms with Gasteiger partial charge in [-0.05, 0) is 44.7 Å². The monoisotopic (exact) mass is 416 g/mol. The molecule has 4 nitrogen and oxygen atoms in total. The molecule has 0 fully saturated rings. The third-order valence-electron chi connectivity index (χ3n) is 5.71. The Labute approximate surface area is 182 Å². The molecular formula is C27H28O4. The van der Waals surface area contributed by atoms with E-state index in [1.54, 1.807) is 6.07 Å². The minimum absolute atomic E-state index is 0.00500. The summed E-state index contributed by atoms with van der Waals surface area (Å²) in [6, 6.07) is 19.5. The van der Waals surface area contributed by atoms with E-state index in [4.69, 9.17) is 9.84 Å². The maximum atomic E-state index is 11.3. The summed E-state index contributed by atoms with van der Waals surface area (Å²) < 4.78 is 5.49. The van der Waals surface area contributed by atoms with Crippen molar-refractivity contribution in [3.8, 4) is 22.6 Å². The van der Waals surface area contributed by atoms with E-state index < -0.39 is 0 Å². The lowest BCUT2D eigenvalue weighted by Crippen LogP contribution is -2.10. The Morgan fingerprint density at radius 1 is 0.806 bits per heavy atom. The summed E-state index contributed by atoms with van der Waals surface area (Å²) in [6.07, 6.45) is 0. The molecule has 0 bridgehead atoms. The lowest BCUT2D eigenvalue weighted by atomic mass is 9.84. The topological polar surface area (TPSA) is 69.9 Å². The van der Waals surface area contributed by atoms with E-state index in [0.29, 0.717) is 16.7 Å². The first-order valence-corrected chi connectivity index (χ1v) is 10.5. The minimum atomic E-state index is -0.0819. The van der Waals surface area contributed by atoms with Gasteiger partial charge in [0.2, 0.25) is 0 Å². The highest BCUT2D eigenvalue weighted by Gasteiger charge is 2.21. The summed E-state index contributed by atoms with van der Waals surface area (Å²) in [5, 5.41) is 34.9. The first-order valence-electron chi connectivity index (χ1n) is 10.5. The number of phenolic OH excluding ortho intramolecular Hbond substituents is 2. The van der Waals surface area contributed by atoms with Crippen LogP contribution in [0, 0.1) is 0 Å². The standard InChI is InChI=1S/C27H28O4/c1-27(2,3)20-9-10-22-18(15-20)8-11-23(29)24(22)25-21-7-5-4-6-17(21)14-19(26(25)30)16-31-13-12-28/h4-11,14-15,28-30H,12-13,16H2,1-3H3. The average Bonchev–Trinajstić information content (AvgIpc) is 2.74. The molecule has 0 aliphatic rings. The van der Waals surface area contributed by atoms with Crippen LogP contribution in [0.5, 0.6) is 11.5 Å². The van der Waals surface area contributed by atoms with Crippen LogP contribution in [0.2, 0.25) is 0 Å². The van der Waals surface area contributed by atoms with Gasteiger partial charge < -0.3 is 20.1 Å². The molecule has 4 aromatic rings. The van der Waals surface area contributed by atoms with Crippen molar-refractivity contribution < 1.29 is 20.1 Å². The molecule has 0 saturated carbocycles. The fourth-order valence-corrected chi connectivity index (χ4v) is 4.05. The number of benzene rings is 4. The molecule has 160 valence electrons. The summed E-state index contributed by atoms with van der Waals surface area (Å²) in [4.78, 5) is 0. The zero-order chi connectivity index (χ0) is 22.2. The van der Waals surface area contributed by atoms with E-state index in [1.165, 1.54) is 5.56 Å². The second-order valence-electron chi connectivity index (χ2n) is 8.90. The first kappa shape index (κ1) is 21.2. The molecule has 0 unspecified atom stereocenters. The number of aliphatic hydroxyl groups excluding tert-OH is 1. The van der Waals surface area contributed by atoms with Crippen molar-refractivity contribution >= 4 is 21.5 Å². The van der Waals surface area contributed by atoms with Gasteiger partial charge in [-0.15, -0.1) is 0 Å². The largest absolute Gasteiger partial charge is 0.507 e. The fourth-order valence-electron chi connectivity index (χ4n) is 4.05. The molecule has 0 heterocycles. The number of ether oxygens (including phenoxy) is 1. The van der Waals surface area contributed by atoms with Gasteiger partial charge in [0, 0.05) is 16.7 Å². The van der Waals surface area contributed by atoms with Crippen LogP contribution in [0.3, 0.4) is 0 Å². The normalized spacial score (nSPS) is 12.0. The summed E-state index contributed by atoms with van der Waals surface area (Å²) in [5.41, 5.74) is 3.02. The Morgan fingerprint density at radius 2 is 1.52 bits per heavy atom. The maximum Gasteiger partial charge on any atom is 0.129 e. The van der Waals surface area contributed by atoms with Crippen LogP contribution in [-0.4, -0.2) is 28.5 Å². The van der Waals surface area contributed by atoms with Gasteiger partial charge >= 0.3 is 0 Å². The zero-order valence-corrected chi connectivity index (χ0v) is 18.1. The quantitative estimate of drug-likeness (QED) is 0.356. The smallest absolute Gasteiger partial charge is 0.129 e. The molecule has 31 heavy (non-hydrogen) atoms. The number of aliphatic hydroxyl groups is 1. The van der Waals surface area contributed by atoms with Crippen LogP contribution in [0.15, 0.2) is 60.7 Å². The lowest BCUT2D eigenvalue weighted by Gasteiger charge is -2.21. The number of hydrogen-bond donors (Lipinski definition) is 3. The van der Waals surface area contributed by atoms with Crippen molar-refractivity contribution in [2.24, 2.45) is 0 Å². The molecule has 0 radical (unpaired) electrons. The predicted octanol–water partition coefficient (Wildman–Crippen LogP) is 5.88.